The highest BCUT2D eigenvalue weighted by molar-refractivity contribution is 7.81. The summed E-state index contributed by atoms with van der Waals surface area (Å²) >= 11 is 0. The van der Waals surface area contributed by atoms with Crippen molar-refractivity contribution >= 4 is 11.0 Å². The first kappa shape index (κ1) is 11.1. The maximum atomic E-state index is 10.8. The molecule has 1 saturated heterocycles. The molecule has 11 heavy (non-hydrogen) atoms. The maximum absolute atomic E-state index is 10.8. The second kappa shape index (κ2) is 6.80. The van der Waals surface area contributed by atoms with Gasteiger partial charge in [0.25, 0.3) is 0 Å². The largest absolute Gasteiger partial charge is 0.243 e. The van der Waals surface area contributed by atoms with Gasteiger partial charge in [0.15, 0.2) is 0 Å². The minimum absolute atomic E-state index is 0.719. The van der Waals surface area contributed by atoms with Gasteiger partial charge in [0, 0.05) is 19.3 Å². The molecule has 0 aromatic heterocycles. The smallest absolute Gasteiger partial charge is 0.0910 e. The van der Waals surface area contributed by atoms with Crippen LogP contribution in [0.2, 0.25) is 0 Å². The van der Waals surface area contributed by atoms with Gasteiger partial charge in [0.2, 0.25) is 0 Å². The molecule has 0 bridgehead atoms. The molecule has 0 aliphatic carbocycles. The quantitative estimate of drug-likeness (QED) is 0.598. The normalized spacial score (nSPS) is 21.7. The molecule has 1 rings (SSSR count). The minimum atomic E-state index is -0.719. The predicted octanol–water partition coefficient (Wildman–Crippen LogP) is 1.79. The molecular weight excluding hydrogens is 158 g/mol. The van der Waals surface area contributed by atoms with E-state index in [-0.39, 0.29) is 0 Å². The van der Waals surface area contributed by atoms with Gasteiger partial charge >= 0.3 is 0 Å². The Labute approximate surface area is 72.6 Å². The van der Waals surface area contributed by atoms with Crippen LogP contribution in [0.5, 0.6) is 0 Å². The molecule has 0 radical (unpaired) electrons. The van der Waals surface area contributed by atoms with Crippen molar-refractivity contribution in [1.82, 2.24) is 4.31 Å². The van der Waals surface area contributed by atoms with E-state index in [1.54, 1.807) is 6.26 Å². The van der Waals surface area contributed by atoms with Crippen LogP contribution in [0, 0.1) is 0 Å². The minimum Gasteiger partial charge on any atom is -0.243 e. The molecule has 3 heteroatoms. The van der Waals surface area contributed by atoms with Crippen molar-refractivity contribution < 1.29 is 4.21 Å². The fraction of sp³-hybridized carbons (Fsp3) is 1.00. The molecule has 1 aliphatic rings. The third kappa shape index (κ3) is 4.53. The highest BCUT2D eigenvalue weighted by Crippen LogP contribution is 2.08. The zero-order valence-corrected chi connectivity index (χ0v) is 8.62. The van der Waals surface area contributed by atoms with Gasteiger partial charge in [-0.05, 0) is 12.8 Å². The second-order valence-electron chi connectivity index (χ2n) is 2.41. The highest BCUT2D eigenvalue weighted by atomic mass is 32.2. The first-order chi connectivity index (χ1) is 5.30. The number of hydrogen-bond donors (Lipinski definition) is 0. The molecular formula is C8H19NOS. The van der Waals surface area contributed by atoms with Gasteiger partial charge in [-0.25, -0.2) is 8.51 Å². The number of rotatable bonds is 1. The third-order valence-electron chi connectivity index (χ3n) is 1.68. The zero-order chi connectivity index (χ0) is 8.69. The molecule has 1 fully saturated rings. The molecule has 1 aliphatic heterocycles. The standard InChI is InChI=1S/C6H13NOS.C2H6/c1-9(8)7-5-3-2-4-6-7;1-2/h2-6H2,1H3;1-2H3. The van der Waals surface area contributed by atoms with Gasteiger partial charge in [-0.2, -0.15) is 0 Å². The first-order valence-corrected chi connectivity index (χ1v) is 5.90. The third-order valence-corrected chi connectivity index (χ3v) is 2.77. The van der Waals surface area contributed by atoms with E-state index < -0.39 is 11.0 Å². The van der Waals surface area contributed by atoms with E-state index in [1.165, 1.54) is 19.3 Å². The van der Waals surface area contributed by atoms with Crippen LogP contribution in [0.15, 0.2) is 0 Å². The lowest BCUT2D eigenvalue weighted by Gasteiger charge is -2.22. The van der Waals surface area contributed by atoms with Crippen molar-refractivity contribution in [1.29, 1.82) is 0 Å². The Morgan fingerprint density at radius 3 is 1.82 bits per heavy atom. The van der Waals surface area contributed by atoms with Crippen molar-refractivity contribution in [3.05, 3.63) is 0 Å². The van der Waals surface area contributed by atoms with Crippen LogP contribution in [0.1, 0.15) is 33.1 Å². The van der Waals surface area contributed by atoms with E-state index in [9.17, 15) is 4.21 Å². The Balaban J connectivity index is 0.000000461. The molecule has 1 heterocycles. The molecule has 0 aromatic carbocycles. The predicted molar refractivity (Wildman–Crippen MR) is 50.8 cm³/mol. The van der Waals surface area contributed by atoms with E-state index in [0.717, 1.165) is 13.1 Å². The van der Waals surface area contributed by atoms with Crippen LogP contribution in [-0.4, -0.2) is 27.9 Å². The van der Waals surface area contributed by atoms with Gasteiger partial charge in [0.05, 0.1) is 11.0 Å². The summed E-state index contributed by atoms with van der Waals surface area (Å²) in [5.41, 5.74) is 0. The number of piperidine rings is 1. The number of hydrogen-bond acceptors (Lipinski definition) is 1. The summed E-state index contributed by atoms with van der Waals surface area (Å²) in [5.74, 6) is 0. The molecule has 0 aromatic rings. The molecule has 68 valence electrons. The van der Waals surface area contributed by atoms with Crippen LogP contribution in [0.3, 0.4) is 0 Å². The van der Waals surface area contributed by atoms with Crippen molar-refractivity contribution in [2.75, 3.05) is 19.3 Å². The monoisotopic (exact) mass is 177 g/mol. The molecule has 0 saturated carbocycles. The summed E-state index contributed by atoms with van der Waals surface area (Å²) in [5, 5.41) is 0. The summed E-state index contributed by atoms with van der Waals surface area (Å²) in [7, 11) is -0.719. The lowest BCUT2D eigenvalue weighted by molar-refractivity contribution is 0.367. The molecule has 0 amide bonds. The zero-order valence-electron chi connectivity index (χ0n) is 7.80. The molecule has 2 nitrogen and oxygen atoms in total. The summed E-state index contributed by atoms with van der Waals surface area (Å²) < 4.78 is 12.9. The van der Waals surface area contributed by atoms with Gasteiger partial charge in [-0.3, -0.25) is 0 Å². The van der Waals surface area contributed by atoms with Crippen molar-refractivity contribution in [2.45, 2.75) is 33.1 Å². The van der Waals surface area contributed by atoms with E-state index in [1.807, 2.05) is 18.2 Å². The Bertz CT molecular complexity index is 111. The maximum Gasteiger partial charge on any atom is 0.0910 e. The van der Waals surface area contributed by atoms with Crippen LogP contribution < -0.4 is 0 Å². The van der Waals surface area contributed by atoms with E-state index in [4.69, 9.17) is 0 Å². The molecule has 1 unspecified atom stereocenters. The van der Waals surface area contributed by atoms with Crippen LogP contribution in [0.25, 0.3) is 0 Å². The van der Waals surface area contributed by atoms with Gasteiger partial charge < -0.3 is 0 Å². The van der Waals surface area contributed by atoms with Crippen molar-refractivity contribution in [2.24, 2.45) is 0 Å². The number of nitrogens with zero attached hydrogens (tertiary/aromatic N) is 1. The SMILES string of the molecule is CC.CS(=O)N1CCCCC1. The van der Waals surface area contributed by atoms with Crippen molar-refractivity contribution in [3.63, 3.8) is 0 Å². The lowest BCUT2D eigenvalue weighted by atomic mass is 10.2. The molecule has 0 spiro atoms. The Morgan fingerprint density at radius 2 is 1.55 bits per heavy atom. The Kier molecular flexibility index (Phi) is 6.87. The summed E-state index contributed by atoms with van der Waals surface area (Å²) in [6, 6.07) is 0. The Hall–Kier alpha value is 0.110. The summed E-state index contributed by atoms with van der Waals surface area (Å²) in [6.45, 7) is 6.06. The first-order valence-electron chi connectivity index (χ1n) is 4.39. The van der Waals surface area contributed by atoms with Crippen LogP contribution >= 0.6 is 0 Å². The summed E-state index contributed by atoms with van der Waals surface area (Å²) in [4.78, 5) is 0. The van der Waals surface area contributed by atoms with Crippen LogP contribution in [0.4, 0.5) is 0 Å². The van der Waals surface area contributed by atoms with Gasteiger partial charge in [-0.1, -0.05) is 20.3 Å². The average molecular weight is 177 g/mol. The van der Waals surface area contributed by atoms with Gasteiger partial charge in [-0.15, -0.1) is 0 Å². The van der Waals surface area contributed by atoms with Gasteiger partial charge in [0.1, 0.15) is 0 Å². The Morgan fingerprint density at radius 1 is 1.09 bits per heavy atom. The van der Waals surface area contributed by atoms with E-state index in [2.05, 4.69) is 0 Å². The van der Waals surface area contributed by atoms with Crippen molar-refractivity contribution in [3.8, 4) is 0 Å². The van der Waals surface area contributed by atoms with E-state index >= 15 is 0 Å². The fourth-order valence-electron chi connectivity index (χ4n) is 1.12. The fourth-order valence-corrected chi connectivity index (χ4v) is 1.89. The molecule has 0 N–H and O–H groups in total. The van der Waals surface area contributed by atoms with E-state index in [0.29, 0.717) is 0 Å². The highest BCUT2D eigenvalue weighted by Gasteiger charge is 2.11. The lowest BCUT2D eigenvalue weighted by Crippen LogP contribution is -2.30. The molecule has 1 atom stereocenters. The summed E-state index contributed by atoms with van der Waals surface area (Å²) in [6.07, 6.45) is 5.51. The average Bonchev–Trinajstić information content (AvgIpc) is 2.10. The van der Waals surface area contributed by atoms with Crippen LogP contribution in [-0.2, 0) is 11.0 Å². The second-order valence-corrected chi connectivity index (χ2v) is 3.78. The topological polar surface area (TPSA) is 20.3 Å².